The number of fused-ring (bicyclic) bond motifs is 1. The first-order valence-electron chi connectivity index (χ1n) is 7.67. The van der Waals surface area contributed by atoms with Gasteiger partial charge in [-0.2, -0.15) is 24.9 Å². The topological polar surface area (TPSA) is 88.4 Å². The van der Waals surface area contributed by atoms with E-state index >= 15 is 0 Å². The summed E-state index contributed by atoms with van der Waals surface area (Å²) in [4.78, 5) is 23.5. The molecule has 1 atom stereocenters. The molecule has 0 radical (unpaired) electrons. The van der Waals surface area contributed by atoms with Gasteiger partial charge in [-0.25, -0.2) is 0 Å². The molecular weight excluding hydrogens is 371 g/mol. The quantitative estimate of drug-likeness (QED) is 0.751. The molecule has 0 aliphatic rings. The molecule has 0 aliphatic carbocycles. The molecule has 0 bridgehead atoms. The van der Waals surface area contributed by atoms with Crippen LogP contribution < -0.4 is 10.6 Å². The van der Waals surface area contributed by atoms with Crippen LogP contribution in [0, 0.1) is 0 Å². The Labute approximate surface area is 151 Å². The smallest absolute Gasteiger partial charge is 0.347 e. The normalized spacial score (nSPS) is 12.8. The Hall–Kier alpha value is -2.30. The van der Waals surface area contributed by atoms with E-state index in [2.05, 4.69) is 20.8 Å². The predicted octanol–water partition coefficient (Wildman–Crippen LogP) is 1.62. The van der Waals surface area contributed by atoms with Crippen LogP contribution in [0.4, 0.5) is 13.2 Å². The predicted molar refractivity (Wildman–Crippen MR) is 90.4 cm³/mol. The van der Waals surface area contributed by atoms with Crippen molar-refractivity contribution in [3.63, 3.8) is 0 Å². The second kappa shape index (κ2) is 8.39. The first-order chi connectivity index (χ1) is 12.2. The lowest BCUT2D eigenvalue weighted by Gasteiger charge is -2.16. The maximum atomic E-state index is 12.7. The number of thioether (sulfide) groups is 1. The van der Waals surface area contributed by atoms with Crippen LogP contribution in [0.15, 0.2) is 18.3 Å². The van der Waals surface area contributed by atoms with Crippen molar-refractivity contribution in [2.75, 3.05) is 12.0 Å². The first-order valence-corrected chi connectivity index (χ1v) is 9.06. The molecule has 7 nitrogen and oxygen atoms in total. The summed E-state index contributed by atoms with van der Waals surface area (Å²) < 4.78 is 39.5. The van der Waals surface area contributed by atoms with Gasteiger partial charge in [0.15, 0.2) is 11.5 Å². The van der Waals surface area contributed by atoms with Gasteiger partial charge in [0.2, 0.25) is 11.8 Å². The fourth-order valence-electron chi connectivity index (χ4n) is 2.28. The van der Waals surface area contributed by atoms with E-state index in [-0.39, 0.29) is 23.9 Å². The largest absolute Gasteiger partial charge is 0.416 e. The van der Waals surface area contributed by atoms with Crippen molar-refractivity contribution in [1.29, 1.82) is 0 Å². The van der Waals surface area contributed by atoms with Gasteiger partial charge in [-0.1, -0.05) is 0 Å². The summed E-state index contributed by atoms with van der Waals surface area (Å²) in [6.45, 7) is 1.30. The van der Waals surface area contributed by atoms with E-state index in [0.29, 0.717) is 12.2 Å². The second-order valence-electron chi connectivity index (χ2n) is 5.51. The molecule has 11 heteroatoms. The minimum atomic E-state index is -4.47. The summed E-state index contributed by atoms with van der Waals surface area (Å²) in [5.41, 5.74) is -0.791. The Morgan fingerprint density at radius 2 is 2.08 bits per heavy atom. The lowest BCUT2D eigenvalue weighted by molar-refractivity contribution is -0.137. The SMILES string of the molecule is CSCC[C@H](NC(C)=O)C(=O)NCc1nnc2cc(C(F)(F)F)ccn12. The number of hydrogen-bond acceptors (Lipinski definition) is 5. The summed E-state index contributed by atoms with van der Waals surface area (Å²) in [6, 6.07) is 1.12. The third-order valence-electron chi connectivity index (χ3n) is 3.53. The molecule has 2 aromatic heterocycles. The molecule has 2 amide bonds. The minimum absolute atomic E-state index is 0.0271. The standard InChI is InChI=1S/C15H18F3N5O2S/c1-9(24)20-11(4-6-26-2)14(25)19-8-13-22-21-12-7-10(15(16,17)18)3-5-23(12)13/h3,5,7,11H,4,6,8H2,1-2H3,(H,19,25)(H,20,24)/t11-/m0/s1. The molecular formula is C15H18F3N5O2S. The van der Waals surface area contributed by atoms with Gasteiger partial charge in [0.1, 0.15) is 6.04 Å². The highest BCUT2D eigenvalue weighted by Gasteiger charge is 2.31. The number of nitrogens with zero attached hydrogens (tertiary/aromatic N) is 3. The van der Waals surface area contributed by atoms with E-state index in [0.717, 1.165) is 12.1 Å². The van der Waals surface area contributed by atoms with Gasteiger partial charge < -0.3 is 10.6 Å². The van der Waals surface area contributed by atoms with E-state index in [4.69, 9.17) is 0 Å². The molecule has 0 unspecified atom stereocenters. The van der Waals surface area contributed by atoms with Crippen LogP contribution in [0.25, 0.3) is 5.65 Å². The Morgan fingerprint density at radius 1 is 1.35 bits per heavy atom. The number of rotatable bonds is 7. The van der Waals surface area contributed by atoms with Crippen molar-refractivity contribution in [2.24, 2.45) is 0 Å². The number of amides is 2. The van der Waals surface area contributed by atoms with Crippen molar-refractivity contribution < 1.29 is 22.8 Å². The first kappa shape index (κ1) is 20.0. The number of pyridine rings is 1. The molecule has 0 fully saturated rings. The molecule has 2 N–H and O–H groups in total. The minimum Gasteiger partial charge on any atom is -0.347 e. The summed E-state index contributed by atoms with van der Waals surface area (Å²) in [5, 5.41) is 12.7. The average molecular weight is 389 g/mol. The van der Waals surface area contributed by atoms with Crippen molar-refractivity contribution >= 4 is 29.2 Å². The summed E-state index contributed by atoms with van der Waals surface area (Å²) >= 11 is 1.55. The molecule has 0 aromatic carbocycles. The number of hydrogen-bond donors (Lipinski definition) is 2. The molecule has 0 saturated heterocycles. The van der Waals surface area contributed by atoms with E-state index in [1.54, 1.807) is 11.8 Å². The van der Waals surface area contributed by atoms with Crippen molar-refractivity contribution in [3.05, 3.63) is 29.7 Å². The average Bonchev–Trinajstić information content (AvgIpc) is 2.97. The molecule has 2 heterocycles. The van der Waals surface area contributed by atoms with Crippen LogP contribution in [-0.4, -0.2) is 44.5 Å². The fraction of sp³-hybridized carbons (Fsp3) is 0.467. The number of aromatic nitrogens is 3. The van der Waals surface area contributed by atoms with Crippen molar-refractivity contribution in [1.82, 2.24) is 25.2 Å². The zero-order chi connectivity index (χ0) is 19.3. The third kappa shape index (κ3) is 5.10. The summed E-state index contributed by atoms with van der Waals surface area (Å²) in [7, 11) is 0. The monoisotopic (exact) mass is 389 g/mol. The molecule has 0 aliphatic heterocycles. The van der Waals surface area contributed by atoms with Gasteiger partial charge in [-0.15, -0.1) is 10.2 Å². The Bertz CT molecular complexity index is 793. The molecule has 0 spiro atoms. The molecule has 2 rings (SSSR count). The van der Waals surface area contributed by atoms with Crippen LogP contribution in [0.2, 0.25) is 0 Å². The maximum absolute atomic E-state index is 12.7. The molecule has 2 aromatic rings. The van der Waals surface area contributed by atoms with Crippen molar-refractivity contribution in [3.8, 4) is 0 Å². The van der Waals surface area contributed by atoms with Gasteiger partial charge in [0, 0.05) is 13.1 Å². The Balaban J connectivity index is 2.08. The van der Waals surface area contributed by atoms with Crippen LogP contribution in [0.3, 0.4) is 0 Å². The molecule has 142 valence electrons. The van der Waals surface area contributed by atoms with E-state index in [9.17, 15) is 22.8 Å². The van der Waals surface area contributed by atoms with Crippen molar-refractivity contribution in [2.45, 2.75) is 32.1 Å². The van der Waals surface area contributed by atoms with Crippen LogP contribution in [0.1, 0.15) is 24.7 Å². The fourth-order valence-corrected chi connectivity index (χ4v) is 2.75. The molecule has 0 saturated carbocycles. The van der Waals surface area contributed by atoms with Gasteiger partial charge >= 0.3 is 6.18 Å². The lowest BCUT2D eigenvalue weighted by atomic mass is 10.2. The van der Waals surface area contributed by atoms with Crippen LogP contribution >= 0.6 is 11.8 Å². The Kier molecular flexibility index (Phi) is 6.46. The number of nitrogens with one attached hydrogen (secondary N) is 2. The molecule has 26 heavy (non-hydrogen) atoms. The van der Waals surface area contributed by atoms with Gasteiger partial charge in [-0.05, 0) is 30.6 Å². The number of halogens is 3. The van der Waals surface area contributed by atoms with E-state index in [1.165, 1.54) is 17.5 Å². The highest BCUT2D eigenvalue weighted by Crippen LogP contribution is 2.29. The summed E-state index contributed by atoms with van der Waals surface area (Å²) in [6.07, 6.45) is -0.911. The maximum Gasteiger partial charge on any atom is 0.416 e. The van der Waals surface area contributed by atoms with Gasteiger partial charge in [-0.3, -0.25) is 14.0 Å². The zero-order valence-electron chi connectivity index (χ0n) is 14.1. The number of carbonyl (C=O) groups is 2. The van der Waals surface area contributed by atoms with E-state index in [1.807, 2.05) is 6.26 Å². The third-order valence-corrected chi connectivity index (χ3v) is 4.18. The van der Waals surface area contributed by atoms with E-state index < -0.39 is 23.7 Å². The Morgan fingerprint density at radius 3 is 2.69 bits per heavy atom. The summed E-state index contributed by atoms with van der Waals surface area (Å²) in [5.74, 6) is 0.261. The van der Waals surface area contributed by atoms with Gasteiger partial charge in [0.25, 0.3) is 0 Å². The van der Waals surface area contributed by atoms with Gasteiger partial charge in [0.05, 0.1) is 12.1 Å². The number of carbonyl (C=O) groups excluding carboxylic acids is 2. The van der Waals surface area contributed by atoms with Crippen LogP contribution in [0.5, 0.6) is 0 Å². The zero-order valence-corrected chi connectivity index (χ0v) is 14.9. The highest BCUT2D eigenvalue weighted by molar-refractivity contribution is 7.98. The lowest BCUT2D eigenvalue weighted by Crippen LogP contribution is -2.46. The number of alkyl halides is 3. The van der Waals surface area contributed by atoms with Crippen LogP contribution in [-0.2, 0) is 22.3 Å². The second-order valence-corrected chi connectivity index (χ2v) is 6.50. The highest BCUT2D eigenvalue weighted by atomic mass is 32.2.